The van der Waals surface area contributed by atoms with E-state index < -0.39 is 59.0 Å². The average molecular weight is 1220 g/mol. The molecule has 86 heavy (non-hydrogen) atoms. The Labute approximate surface area is 497 Å². The number of nitrogens with one attached hydrogen (secondary N) is 4. The number of fused-ring (bicyclic) bond motifs is 2. The van der Waals surface area contributed by atoms with Gasteiger partial charge in [0.1, 0.15) is 37.4 Å². The largest absolute Gasteiger partial charge is 0.396 e. The number of hydrogen-bond donors (Lipinski definition) is 7. The topological polar surface area (TPSA) is 405 Å². The Balaban J connectivity index is 0.000000248. The predicted molar refractivity (Wildman–Crippen MR) is 311 cm³/mol. The summed E-state index contributed by atoms with van der Waals surface area (Å²) in [5.41, 5.74) is 26.8. The number of amides is 9. The van der Waals surface area contributed by atoms with Gasteiger partial charge in [0.25, 0.3) is 11.8 Å². The fraction of sp³-hybridized carbons (Fsp3) is 0.222. The van der Waals surface area contributed by atoms with Gasteiger partial charge in [-0.25, -0.2) is 33.5 Å². The van der Waals surface area contributed by atoms with E-state index in [1.165, 1.54) is 92.7 Å². The van der Waals surface area contributed by atoms with Gasteiger partial charge in [-0.05, 0) is 86.9 Å². The molecule has 0 radical (unpaired) electrons. The second kappa shape index (κ2) is 30.0. The first-order valence-electron chi connectivity index (χ1n) is 25.5. The van der Waals surface area contributed by atoms with Gasteiger partial charge in [-0.1, -0.05) is 47.5 Å². The van der Waals surface area contributed by atoms with Crippen LogP contribution in [0.15, 0.2) is 115 Å². The summed E-state index contributed by atoms with van der Waals surface area (Å²) >= 11 is 11.6. The van der Waals surface area contributed by atoms with Crippen molar-refractivity contribution in [3.05, 3.63) is 170 Å². The minimum Gasteiger partial charge on any atom is -0.396 e. The van der Waals surface area contributed by atoms with E-state index in [9.17, 15) is 47.1 Å². The first kappa shape index (κ1) is 64.5. The molecule has 8 aromatic rings. The fourth-order valence-electron chi connectivity index (χ4n) is 7.97. The molecule has 4 aromatic carbocycles. The Morgan fingerprint density at radius 1 is 0.640 bits per heavy atom. The third-order valence-electron chi connectivity index (χ3n) is 12.1. The van der Waals surface area contributed by atoms with Gasteiger partial charge >= 0.3 is 6.03 Å². The van der Waals surface area contributed by atoms with Crippen molar-refractivity contribution in [3.8, 4) is 0 Å². The number of hydrogen-bond acceptors (Lipinski definition) is 15. The van der Waals surface area contributed by atoms with Crippen LogP contribution in [0.3, 0.4) is 0 Å². The summed E-state index contributed by atoms with van der Waals surface area (Å²) in [5, 5.41) is 22.1. The van der Waals surface area contributed by atoms with Crippen LogP contribution in [0, 0.1) is 11.6 Å². The minimum absolute atomic E-state index is 0.00953. The highest BCUT2D eigenvalue weighted by molar-refractivity contribution is 6.31. The van der Waals surface area contributed by atoms with Gasteiger partial charge in [-0.2, -0.15) is 10.2 Å². The second-order valence-corrected chi connectivity index (χ2v) is 19.6. The Morgan fingerprint density at radius 2 is 1.08 bits per heavy atom. The van der Waals surface area contributed by atoms with E-state index in [1.807, 2.05) is 0 Å². The molecule has 8 rings (SSSR count). The van der Waals surface area contributed by atoms with Crippen molar-refractivity contribution in [1.29, 1.82) is 0 Å². The molecule has 10 N–H and O–H groups in total. The Morgan fingerprint density at radius 3 is 1.51 bits per heavy atom. The maximum absolute atomic E-state index is 14.2. The van der Waals surface area contributed by atoms with E-state index >= 15 is 0 Å². The van der Waals surface area contributed by atoms with Crippen molar-refractivity contribution in [2.45, 2.75) is 66.0 Å². The monoisotopic (exact) mass is 1220 g/mol. The number of rotatable bonds is 19. The molecular formula is C54H54Cl2F2N20O8. The lowest BCUT2D eigenvalue weighted by molar-refractivity contribution is -0.138. The van der Waals surface area contributed by atoms with Crippen LogP contribution in [0.4, 0.5) is 30.6 Å². The highest BCUT2D eigenvalue weighted by Crippen LogP contribution is 2.25. The summed E-state index contributed by atoms with van der Waals surface area (Å²) in [5.74, 6) is -5.83. The van der Waals surface area contributed by atoms with Crippen LogP contribution in [-0.4, -0.2) is 122 Å². The molecule has 32 heteroatoms. The molecular weight excluding hydrogens is 1170 g/mol. The smallest absolute Gasteiger partial charge is 0.323 e. The molecule has 0 aliphatic heterocycles. The second-order valence-electron chi connectivity index (χ2n) is 18.8. The number of urea groups is 1. The van der Waals surface area contributed by atoms with E-state index in [4.69, 9.17) is 45.9 Å². The van der Waals surface area contributed by atoms with E-state index in [0.717, 1.165) is 0 Å². The molecule has 4 aromatic heterocycles. The van der Waals surface area contributed by atoms with E-state index in [-0.39, 0.29) is 94.9 Å². The average Bonchev–Trinajstić information content (AvgIpc) is 3.19. The predicted octanol–water partition coefficient (Wildman–Crippen LogP) is 5.91. The Bertz CT molecular complexity index is 3880. The number of carbonyl (C=O) groups excluding carboxylic acids is 8. The molecule has 0 spiro atoms. The van der Waals surface area contributed by atoms with Crippen LogP contribution in [0.5, 0.6) is 0 Å². The van der Waals surface area contributed by atoms with Crippen LogP contribution in [0.2, 0.25) is 10.0 Å². The molecule has 0 saturated heterocycles. The molecule has 446 valence electrons. The van der Waals surface area contributed by atoms with Gasteiger partial charge in [-0.3, -0.25) is 42.9 Å². The lowest BCUT2D eigenvalue weighted by Gasteiger charge is -2.26. The standard InChI is InChI=1S/C27H27ClFN9O4.C23H22ClFN8O4.C4H5N3/c1-15(2)37(12-22(39)33-9-16-4-3-5-20(28)24(16)29)23(40)13-38-21-7-6-17(8-19(21)25(36-38)26(30)41)34-27(42)35-18-10-31-14-32-11-18;1-12(2)32(10-18(34)28-9-14-4-3-5-16(24)20(14)25)19(35)11-33-17-7-6-13(23(37)29-31-27)8-15(17)21(30-33)22(26)36;5-4-1-6-3-7-2-4/h3-8,10-11,14-15H,9,12-13H2,1-2H3,(H2,30,41)(H,33,39)(H2,34,35,42);3-8,12H,9-11H2,1-2H3,(H2,26,36)(H,28,34);1-3H,5H2. The summed E-state index contributed by atoms with van der Waals surface area (Å²) in [6.07, 6.45) is 8.71. The first-order chi connectivity index (χ1) is 40.9. The zero-order valence-corrected chi connectivity index (χ0v) is 47.6. The van der Waals surface area contributed by atoms with Gasteiger partial charge < -0.3 is 48.3 Å². The molecule has 0 aliphatic rings. The number of nitrogens with two attached hydrogens (primary N) is 3. The molecule has 0 fully saturated rings. The SMILES string of the molecule is CC(C)N(CC(=O)NCc1cccc(Cl)c1F)C(=O)Cn1nc(C(N)=O)c2cc(C(=O)N=[N+]=[N-])ccc21.CC(C)N(CC(=O)NCc1cccc(Cl)c1F)C(=O)Cn1nc(C(N)=O)c2cc(NC(=O)Nc3cncnc3)ccc21.Nc1cncnc1. The lowest BCUT2D eigenvalue weighted by Crippen LogP contribution is -2.45. The van der Waals surface area contributed by atoms with Crippen molar-refractivity contribution >= 4 is 109 Å². The molecule has 0 unspecified atom stereocenters. The summed E-state index contributed by atoms with van der Waals surface area (Å²) < 4.78 is 30.8. The highest BCUT2D eigenvalue weighted by atomic mass is 35.5. The zero-order chi connectivity index (χ0) is 62.8. The maximum atomic E-state index is 14.2. The molecule has 0 bridgehead atoms. The number of azide groups is 1. The van der Waals surface area contributed by atoms with E-state index in [2.05, 4.69) is 61.4 Å². The maximum Gasteiger partial charge on any atom is 0.323 e. The van der Waals surface area contributed by atoms with Gasteiger partial charge in [-0.15, -0.1) is 0 Å². The quantitative estimate of drug-likeness (QED) is 0.0281. The molecule has 28 nitrogen and oxygen atoms in total. The normalized spacial score (nSPS) is 10.6. The Hall–Kier alpha value is -10.7. The summed E-state index contributed by atoms with van der Waals surface area (Å²) in [6.45, 7) is 5.42. The van der Waals surface area contributed by atoms with Crippen molar-refractivity contribution in [2.75, 3.05) is 29.5 Å². The van der Waals surface area contributed by atoms with Gasteiger partial charge in [0, 0.05) is 63.2 Å². The van der Waals surface area contributed by atoms with Gasteiger partial charge in [0.05, 0.1) is 70.3 Å². The van der Waals surface area contributed by atoms with Crippen molar-refractivity contribution in [1.82, 2.24) is 59.9 Å². The number of nitrogens with zero attached hydrogens (tertiary/aromatic N) is 13. The van der Waals surface area contributed by atoms with Gasteiger partial charge in [0.2, 0.25) is 29.5 Å². The summed E-state index contributed by atoms with van der Waals surface area (Å²) in [7, 11) is 0. The van der Waals surface area contributed by atoms with Crippen LogP contribution in [0.1, 0.15) is 70.2 Å². The summed E-state index contributed by atoms with van der Waals surface area (Å²) in [4.78, 5) is 120. The van der Waals surface area contributed by atoms with E-state index in [1.54, 1.807) is 64.4 Å². The molecule has 0 aliphatic carbocycles. The first-order valence-corrected chi connectivity index (χ1v) is 26.2. The Kier molecular flexibility index (Phi) is 22.5. The van der Waals surface area contributed by atoms with E-state index in [0.29, 0.717) is 33.5 Å². The molecule has 0 saturated carbocycles. The number of benzene rings is 4. The molecule has 4 heterocycles. The third kappa shape index (κ3) is 17.4. The number of anilines is 3. The number of primary amides is 2. The van der Waals surface area contributed by atoms with Crippen molar-refractivity contribution in [2.24, 2.45) is 16.6 Å². The number of halogens is 4. The van der Waals surface area contributed by atoms with Crippen molar-refractivity contribution < 1.29 is 47.1 Å². The van der Waals surface area contributed by atoms with Crippen LogP contribution in [-0.2, 0) is 45.4 Å². The van der Waals surface area contributed by atoms with Crippen LogP contribution in [0.25, 0.3) is 32.2 Å². The summed E-state index contributed by atoms with van der Waals surface area (Å²) in [6, 6.07) is 16.3. The number of aromatic nitrogens is 8. The molecule has 9 amide bonds. The molecule has 0 atom stereocenters. The fourth-order valence-corrected chi connectivity index (χ4v) is 8.36. The van der Waals surface area contributed by atoms with Crippen LogP contribution >= 0.6 is 23.2 Å². The van der Waals surface area contributed by atoms with Crippen LogP contribution < -0.4 is 38.5 Å². The van der Waals surface area contributed by atoms with Gasteiger partial charge in [0.15, 0.2) is 11.4 Å². The lowest BCUT2D eigenvalue weighted by atomic mass is 10.1. The third-order valence-corrected chi connectivity index (χ3v) is 12.7. The highest BCUT2D eigenvalue weighted by Gasteiger charge is 2.26. The number of nitrogen functional groups attached to an aromatic ring is 1. The minimum atomic E-state index is -0.891. The number of carbonyl (C=O) groups is 8. The zero-order valence-electron chi connectivity index (χ0n) is 46.1. The van der Waals surface area contributed by atoms with Crippen molar-refractivity contribution in [3.63, 3.8) is 0 Å².